The Hall–Kier alpha value is -2.96. The first-order chi connectivity index (χ1) is 13.2. The lowest BCUT2D eigenvalue weighted by Gasteiger charge is -2.11. The Bertz CT molecular complexity index is 923. The van der Waals surface area contributed by atoms with Crippen molar-refractivity contribution in [2.45, 2.75) is 13.2 Å². The molecule has 0 bridgehead atoms. The van der Waals surface area contributed by atoms with Crippen molar-refractivity contribution >= 4 is 28.8 Å². The summed E-state index contributed by atoms with van der Waals surface area (Å²) in [6, 6.07) is 18.3. The molecule has 3 aromatic rings. The summed E-state index contributed by atoms with van der Waals surface area (Å²) in [7, 11) is 1.64. The van der Waals surface area contributed by atoms with Crippen LogP contribution in [0.2, 0.25) is 0 Å². The second-order valence-electron chi connectivity index (χ2n) is 5.90. The van der Waals surface area contributed by atoms with E-state index < -0.39 is 0 Å². The van der Waals surface area contributed by atoms with Gasteiger partial charge in [-0.1, -0.05) is 36.4 Å². The van der Waals surface area contributed by atoms with Crippen molar-refractivity contribution in [3.63, 3.8) is 0 Å². The van der Waals surface area contributed by atoms with Crippen molar-refractivity contribution in [3.05, 3.63) is 87.6 Å². The molecule has 27 heavy (non-hydrogen) atoms. The molecule has 0 atom stereocenters. The van der Waals surface area contributed by atoms with Gasteiger partial charge in [0.1, 0.15) is 0 Å². The van der Waals surface area contributed by atoms with E-state index in [9.17, 15) is 9.59 Å². The number of rotatable bonds is 7. The zero-order chi connectivity index (χ0) is 19.1. The Morgan fingerprint density at radius 1 is 0.963 bits per heavy atom. The lowest BCUT2D eigenvalue weighted by atomic mass is 10.1. The van der Waals surface area contributed by atoms with Crippen LogP contribution in [0.25, 0.3) is 0 Å². The van der Waals surface area contributed by atoms with Crippen LogP contribution in [0.15, 0.2) is 66.0 Å². The molecule has 0 aliphatic carbocycles. The fraction of sp³-hybridized carbons (Fsp3) is 0.143. The predicted molar refractivity (Wildman–Crippen MR) is 107 cm³/mol. The average molecular weight is 380 g/mol. The highest BCUT2D eigenvalue weighted by Crippen LogP contribution is 2.15. The number of benzene rings is 2. The van der Waals surface area contributed by atoms with Gasteiger partial charge in [0, 0.05) is 24.9 Å². The summed E-state index contributed by atoms with van der Waals surface area (Å²) in [6.07, 6.45) is 0. The molecule has 0 unspecified atom stereocenters. The first-order valence-corrected chi connectivity index (χ1v) is 9.34. The molecule has 0 spiro atoms. The van der Waals surface area contributed by atoms with E-state index in [2.05, 4.69) is 10.6 Å². The summed E-state index contributed by atoms with van der Waals surface area (Å²) in [6.45, 7) is 0.903. The molecule has 0 saturated heterocycles. The number of hydrogen-bond acceptors (Lipinski definition) is 4. The Balaban J connectivity index is 1.64. The summed E-state index contributed by atoms with van der Waals surface area (Å²) in [4.78, 5) is 25.3. The summed E-state index contributed by atoms with van der Waals surface area (Å²) >= 11 is 1.37. The summed E-state index contributed by atoms with van der Waals surface area (Å²) in [5.74, 6) is -0.384. The fourth-order valence-corrected chi connectivity index (χ4v) is 3.26. The minimum absolute atomic E-state index is 0.184. The maximum Gasteiger partial charge on any atom is 0.265 e. The Labute approximate surface area is 162 Å². The van der Waals surface area contributed by atoms with Crippen LogP contribution in [0.5, 0.6) is 0 Å². The van der Waals surface area contributed by atoms with Gasteiger partial charge in [-0.3, -0.25) is 9.59 Å². The van der Waals surface area contributed by atoms with Crippen molar-refractivity contribution in [2.24, 2.45) is 0 Å². The molecular weight excluding hydrogens is 360 g/mol. The van der Waals surface area contributed by atoms with Crippen LogP contribution in [0.3, 0.4) is 0 Å². The van der Waals surface area contributed by atoms with E-state index in [-0.39, 0.29) is 11.8 Å². The molecule has 5 nitrogen and oxygen atoms in total. The predicted octanol–water partition coefficient (Wildman–Crippen LogP) is 4.08. The number of anilines is 1. The molecule has 3 rings (SSSR count). The van der Waals surface area contributed by atoms with Crippen LogP contribution in [0, 0.1) is 0 Å². The number of methoxy groups -OCH3 is 1. The van der Waals surface area contributed by atoms with Gasteiger partial charge in [-0.05, 0) is 40.8 Å². The van der Waals surface area contributed by atoms with Crippen LogP contribution in [0.4, 0.5) is 5.69 Å². The smallest absolute Gasteiger partial charge is 0.265 e. The second kappa shape index (κ2) is 9.12. The molecule has 0 radical (unpaired) electrons. The van der Waals surface area contributed by atoms with Crippen molar-refractivity contribution < 1.29 is 14.3 Å². The zero-order valence-corrected chi connectivity index (χ0v) is 15.7. The Morgan fingerprint density at radius 3 is 2.52 bits per heavy atom. The number of nitrogens with one attached hydrogen (secondary N) is 2. The van der Waals surface area contributed by atoms with Crippen LogP contribution in [-0.4, -0.2) is 18.9 Å². The monoisotopic (exact) mass is 380 g/mol. The zero-order valence-electron chi connectivity index (χ0n) is 14.9. The Kier molecular flexibility index (Phi) is 6.35. The van der Waals surface area contributed by atoms with E-state index in [0.29, 0.717) is 29.3 Å². The van der Waals surface area contributed by atoms with Crippen LogP contribution in [0.1, 0.15) is 31.2 Å². The normalized spacial score (nSPS) is 10.4. The van der Waals surface area contributed by atoms with Gasteiger partial charge in [0.2, 0.25) is 0 Å². The number of carbonyl (C=O) groups is 2. The van der Waals surface area contributed by atoms with Crippen molar-refractivity contribution in [2.75, 3.05) is 12.4 Å². The van der Waals surface area contributed by atoms with Gasteiger partial charge >= 0.3 is 0 Å². The minimum Gasteiger partial charge on any atom is -0.380 e. The highest BCUT2D eigenvalue weighted by molar-refractivity contribution is 7.12. The van der Waals surface area contributed by atoms with Gasteiger partial charge in [-0.15, -0.1) is 11.3 Å². The van der Waals surface area contributed by atoms with Crippen molar-refractivity contribution in [1.29, 1.82) is 0 Å². The molecule has 2 N–H and O–H groups in total. The molecule has 1 aromatic heterocycles. The quantitative estimate of drug-likeness (QED) is 0.649. The molecule has 138 valence electrons. The third kappa shape index (κ3) is 5.03. The van der Waals surface area contributed by atoms with E-state index >= 15 is 0 Å². The van der Waals surface area contributed by atoms with E-state index in [1.165, 1.54) is 11.3 Å². The average Bonchev–Trinajstić information content (AvgIpc) is 3.22. The molecule has 2 aromatic carbocycles. The first kappa shape index (κ1) is 18.8. The molecular formula is C21H20N2O3S. The fourth-order valence-electron chi connectivity index (χ4n) is 2.64. The van der Waals surface area contributed by atoms with Gasteiger partial charge in [0.25, 0.3) is 11.8 Å². The molecule has 1 heterocycles. The molecule has 6 heteroatoms. The minimum atomic E-state index is -0.200. The second-order valence-corrected chi connectivity index (χ2v) is 6.84. The van der Waals surface area contributed by atoms with E-state index in [4.69, 9.17) is 4.74 Å². The van der Waals surface area contributed by atoms with Crippen molar-refractivity contribution in [3.8, 4) is 0 Å². The van der Waals surface area contributed by atoms with Crippen LogP contribution < -0.4 is 10.6 Å². The van der Waals surface area contributed by atoms with Gasteiger partial charge < -0.3 is 15.4 Å². The largest absolute Gasteiger partial charge is 0.380 e. The molecule has 0 saturated carbocycles. The maximum absolute atomic E-state index is 12.5. The Morgan fingerprint density at radius 2 is 1.78 bits per heavy atom. The van der Waals surface area contributed by atoms with E-state index in [0.717, 1.165) is 11.1 Å². The SMILES string of the molecule is COCc1ccccc1CNC(=O)c1cccc(NC(=O)c2cccs2)c1. The number of amides is 2. The first-order valence-electron chi connectivity index (χ1n) is 8.46. The highest BCUT2D eigenvalue weighted by atomic mass is 32.1. The number of ether oxygens (including phenoxy) is 1. The van der Waals surface area contributed by atoms with Gasteiger partial charge in [-0.25, -0.2) is 0 Å². The molecule has 0 fully saturated rings. The topological polar surface area (TPSA) is 67.4 Å². The van der Waals surface area contributed by atoms with Gasteiger partial charge in [0.15, 0.2) is 0 Å². The number of hydrogen-bond donors (Lipinski definition) is 2. The lowest BCUT2D eigenvalue weighted by Crippen LogP contribution is -2.23. The van der Waals surface area contributed by atoms with Gasteiger partial charge in [0.05, 0.1) is 11.5 Å². The molecule has 0 aliphatic heterocycles. The van der Waals surface area contributed by atoms with Crippen molar-refractivity contribution in [1.82, 2.24) is 5.32 Å². The maximum atomic E-state index is 12.5. The molecule has 0 aliphatic rings. The highest BCUT2D eigenvalue weighted by Gasteiger charge is 2.10. The third-order valence-corrected chi connectivity index (χ3v) is 4.85. The summed E-state index contributed by atoms with van der Waals surface area (Å²) in [5.41, 5.74) is 3.12. The lowest BCUT2D eigenvalue weighted by molar-refractivity contribution is 0.0949. The summed E-state index contributed by atoms with van der Waals surface area (Å²) < 4.78 is 5.19. The number of thiophene rings is 1. The molecule has 2 amide bonds. The van der Waals surface area contributed by atoms with Crippen LogP contribution in [-0.2, 0) is 17.9 Å². The van der Waals surface area contributed by atoms with E-state index in [1.807, 2.05) is 35.7 Å². The third-order valence-electron chi connectivity index (χ3n) is 3.99. The van der Waals surface area contributed by atoms with Gasteiger partial charge in [-0.2, -0.15) is 0 Å². The number of carbonyl (C=O) groups excluding carboxylic acids is 2. The van der Waals surface area contributed by atoms with E-state index in [1.54, 1.807) is 37.4 Å². The summed E-state index contributed by atoms with van der Waals surface area (Å²) in [5, 5.41) is 7.58. The van der Waals surface area contributed by atoms with Crippen LogP contribution >= 0.6 is 11.3 Å². The standard InChI is InChI=1S/C21H20N2O3S/c1-26-14-17-7-3-2-6-16(17)13-22-20(24)15-8-4-9-18(12-15)23-21(25)19-10-5-11-27-19/h2-12H,13-14H2,1H3,(H,22,24)(H,23,25).